The van der Waals surface area contributed by atoms with Gasteiger partial charge in [0.1, 0.15) is 6.04 Å². The molecular weight excluding hydrogens is 357 g/mol. The second-order valence-electron chi connectivity index (χ2n) is 7.17. The minimum absolute atomic E-state index is 0.170. The Morgan fingerprint density at radius 1 is 1.31 bits per heavy atom. The number of rotatable bonds is 10. The van der Waals surface area contributed by atoms with Gasteiger partial charge in [0, 0.05) is 12.7 Å². The molecule has 0 aromatic heterocycles. The van der Waals surface area contributed by atoms with Crippen LogP contribution < -0.4 is 16.4 Å². The minimum Gasteiger partial charge on any atom is -0.391 e. The van der Waals surface area contributed by atoms with E-state index in [4.69, 9.17) is 5.73 Å². The first-order chi connectivity index (χ1) is 12.1. The molecule has 1 unspecified atom stereocenters. The Kier molecular flexibility index (Phi) is 9.50. The predicted molar refractivity (Wildman–Crippen MR) is 101 cm³/mol. The number of carbonyl (C=O) groups excluding carboxylic acids is 2. The Morgan fingerprint density at radius 3 is 2.46 bits per heavy atom. The number of aliphatic hydroxyl groups excluding tert-OH is 1. The van der Waals surface area contributed by atoms with E-state index in [1.807, 2.05) is 0 Å². The third-order valence-corrected chi connectivity index (χ3v) is 6.60. The van der Waals surface area contributed by atoms with E-state index in [0.29, 0.717) is 5.57 Å². The number of carbonyl (C=O) groups is 2. The zero-order valence-electron chi connectivity index (χ0n) is 15.4. The van der Waals surface area contributed by atoms with Crippen LogP contribution in [0, 0.1) is 5.92 Å². The van der Waals surface area contributed by atoms with E-state index < -0.39 is 31.3 Å². The fraction of sp³-hybridized carbons (Fsp3) is 0.765. The molecule has 2 amide bonds. The van der Waals surface area contributed by atoms with Crippen molar-refractivity contribution in [3.8, 4) is 0 Å². The second kappa shape index (κ2) is 10.8. The van der Waals surface area contributed by atoms with Crippen molar-refractivity contribution in [1.29, 1.82) is 0 Å². The van der Waals surface area contributed by atoms with Crippen LogP contribution in [0.15, 0.2) is 12.2 Å². The number of nitrogens with one attached hydrogen (secondary N) is 2. The maximum Gasteiger partial charge on any atom is 0.246 e. The lowest BCUT2D eigenvalue weighted by Gasteiger charge is -2.25. The first-order valence-electron chi connectivity index (χ1n) is 9.06. The standard InChI is InChI=1S/C17H32N3O5P/c1-12(2)16(20-15(22)8-18)17(23)19-9-14(21)11-26(24,25)10-13-6-4-3-5-7-13/h13-14,16,21H,1,3-11,18H2,2H3,(H,19,23)(H,20,22)(H,24,25)/t14-,16+/m1/s1. The molecule has 3 atom stereocenters. The molecule has 1 saturated carbocycles. The summed E-state index contributed by atoms with van der Waals surface area (Å²) in [6.07, 6.45) is 4.09. The van der Waals surface area contributed by atoms with Gasteiger partial charge in [-0.3, -0.25) is 14.2 Å². The highest BCUT2D eigenvalue weighted by Gasteiger charge is 2.29. The normalized spacial score (nSPS) is 19.8. The van der Waals surface area contributed by atoms with Gasteiger partial charge in [0.25, 0.3) is 0 Å². The van der Waals surface area contributed by atoms with Crippen molar-refractivity contribution >= 4 is 19.2 Å². The Hall–Kier alpha value is -1.21. The van der Waals surface area contributed by atoms with Crippen molar-refractivity contribution in [3.63, 3.8) is 0 Å². The molecule has 0 saturated heterocycles. The van der Waals surface area contributed by atoms with E-state index in [-0.39, 0.29) is 31.3 Å². The molecule has 6 N–H and O–H groups in total. The minimum atomic E-state index is -3.45. The van der Waals surface area contributed by atoms with E-state index in [1.54, 1.807) is 6.92 Å². The number of amides is 2. The quantitative estimate of drug-likeness (QED) is 0.269. The molecule has 1 aliphatic rings. The van der Waals surface area contributed by atoms with E-state index in [1.165, 1.54) is 6.42 Å². The first kappa shape index (κ1) is 22.8. The summed E-state index contributed by atoms with van der Waals surface area (Å²) < 4.78 is 12.4. The predicted octanol–water partition coefficient (Wildman–Crippen LogP) is 0.334. The van der Waals surface area contributed by atoms with Gasteiger partial charge in [-0.25, -0.2) is 0 Å². The lowest BCUT2D eigenvalue weighted by molar-refractivity contribution is -0.127. The van der Waals surface area contributed by atoms with Crippen LogP contribution in [-0.2, 0) is 14.2 Å². The van der Waals surface area contributed by atoms with Crippen LogP contribution in [-0.4, -0.2) is 59.4 Å². The fourth-order valence-corrected chi connectivity index (χ4v) is 5.30. The molecule has 0 aromatic rings. The van der Waals surface area contributed by atoms with Crippen LogP contribution in [0.3, 0.4) is 0 Å². The lowest BCUT2D eigenvalue weighted by Crippen LogP contribution is -2.50. The van der Waals surface area contributed by atoms with E-state index >= 15 is 0 Å². The Bertz CT molecular complexity index is 549. The summed E-state index contributed by atoms with van der Waals surface area (Å²) in [6, 6.07) is -0.957. The molecule has 9 heteroatoms. The zero-order chi connectivity index (χ0) is 19.7. The van der Waals surface area contributed by atoms with E-state index in [2.05, 4.69) is 17.2 Å². The monoisotopic (exact) mass is 389 g/mol. The van der Waals surface area contributed by atoms with Gasteiger partial charge >= 0.3 is 0 Å². The molecule has 1 rings (SSSR count). The molecule has 0 bridgehead atoms. The third kappa shape index (κ3) is 8.45. The van der Waals surface area contributed by atoms with Gasteiger partial charge in [-0.1, -0.05) is 25.8 Å². The number of aliphatic hydroxyl groups is 1. The number of hydrogen-bond donors (Lipinski definition) is 5. The van der Waals surface area contributed by atoms with Crippen molar-refractivity contribution in [2.75, 3.05) is 25.4 Å². The molecular formula is C17H32N3O5P. The van der Waals surface area contributed by atoms with Gasteiger partial charge in [0.2, 0.25) is 19.2 Å². The van der Waals surface area contributed by atoms with Crippen LogP contribution in [0.25, 0.3) is 0 Å². The van der Waals surface area contributed by atoms with Gasteiger partial charge in [-0.2, -0.15) is 0 Å². The van der Waals surface area contributed by atoms with Crippen LogP contribution in [0.1, 0.15) is 39.0 Å². The molecule has 0 heterocycles. The SMILES string of the molecule is C=C(C)[C@H](NC(=O)CN)C(=O)NC[C@@H](O)CP(=O)(O)CC1CCCCC1. The van der Waals surface area contributed by atoms with Gasteiger partial charge in [-0.15, -0.1) is 0 Å². The van der Waals surface area contributed by atoms with Crippen molar-refractivity contribution in [3.05, 3.63) is 12.2 Å². The molecule has 0 spiro atoms. The molecule has 0 aliphatic heterocycles. The summed E-state index contributed by atoms with van der Waals surface area (Å²) in [5, 5.41) is 14.9. The van der Waals surface area contributed by atoms with Crippen LogP contribution >= 0.6 is 7.37 Å². The molecule has 150 valence electrons. The van der Waals surface area contributed by atoms with Crippen molar-refractivity contribution in [2.45, 2.75) is 51.2 Å². The van der Waals surface area contributed by atoms with Crippen LogP contribution in [0.4, 0.5) is 0 Å². The average Bonchev–Trinajstić information content (AvgIpc) is 2.57. The molecule has 8 nitrogen and oxygen atoms in total. The fourth-order valence-electron chi connectivity index (χ4n) is 3.19. The van der Waals surface area contributed by atoms with E-state index in [9.17, 15) is 24.2 Å². The van der Waals surface area contributed by atoms with Gasteiger partial charge in [0.05, 0.1) is 18.8 Å². The van der Waals surface area contributed by atoms with Gasteiger partial charge in [-0.05, 0) is 31.3 Å². The van der Waals surface area contributed by atoms with Crippen LogP contribution in [0.5, 0.6) is 0 Å². The van der Waals surface area contributed by atoms with Crippen molar-refractivity contribution < 1.29 is 24.2 Å². The Morgan fingerprint density at radius 2 is 1.92 bits per heavy atom. The average molecular weight is 389 g/mol. The number of nitrogens with two attached hydrogens (primary N) is 1. The Balaban J connectivity index is 2.46. The number of hydrogen-bond acceptors (Lipinski definition) is 5. The summed E-state index contributed by atoms with van der Waals surface area (Å²) >= 11 is 0. The molecule has 1 aliphatic carbocycles. The molecule has 0 aromatic carbocycles. The zero-order valence-corrected chi connectivity index (χ0v) is 16.3. The summed E-state index contributed by atoms with van der Waals surface area (Å²) in [7, 11) is -3.45. The maximum atomic E-state index is 12.4. The van der Waals surface area contributed by atoms with Crippen molar-refractivity contribution in [2.24, 2.45) is 11.7 Å². The maximum absolute atomic E-state index is 12.4. The lowest BCUT2D eigenvalue weighted by atomic mass is 9.91. The Labute approximate surface area is 155 Å². The highest BCUT2D eigenvalue weighted by molar-refractivity contribution is 7.58. The molecule has 26 heavy (non-hydrogen) atoms. The molecule has 1 fully saturated rings. The van der Waals surface area contributed by atoms with Crippen molar-refractivity contribution in [1.82, 2.24) is 10.6 Å². The summed E-state index contributed by atoms with van der Waals surface area (Å²) in [5.41, 5.74) is 5.64. The summed E-state index contributed by atoms with van der Waals surface area (Å²) in [6.45, 7) is 4.81. The summed E-state index contributed by atoms with van der Waals surface area (Å²) in [4.78, 5) is 33.7. The van der Waals surface area contributed by atoms with Gasteiger partial charge in [0.15, 0.2) is 0 Å². The largest absolute Gasteiger partial charge is 0.391 e. The smallest absolute Gasteiger partial charge is 0.246 e. The van der Waals surface area contributed by atoms with Crippen LogP contribution in [0.2, 0.25) is 0 Å². The first-order valence-corrected chi connectivity index (χ1v) is 11.1. The third-order valence-electron chi connectivity index (χ3n) is 4.52. The van der Waals surface area contributed by atoms with E-state index in [0.717, 1.165) is 25.7 Å². The van der Waals surface area contributed by atoms with Gasteiger partial charge < -0.3 is 26.4 Å². The topological polar surface area (TPSA) is 142 Å². The summed E-state index contributed by atoms with van der Waals surface area (Å²) in [5.74, 6) is -0.805. The highest BCUT2D eigenvalue weighted by Crippen LogP contribution is 2.45. The highest BCUT2D eigenvalue weighted by atomic mass is 31.2. The molecule has 0 radical (unpaired) electrons. The second-order valence-corrected chi connectivity index (χ2v) is 9.59.